The quantitative estimate of drug-likeness (QED) is 0.0690. The molecule has 1 rings (SSSR count). The van der Waals surface area contributed by atoms with Gasteiger partial charge in [-0.15, -0.1) is 0 Å². The summed E-state index contributed by atoms with van der Waals surface area (Å²) in [5.74, 6) is 0. The van der Waals surface area contributed by atoms with Crippen molar-refractivity contribution in [2.45, 2.75) is 232 Å². The number of unbranched alkanes of at least 4 members (excludes halogenated alkanes) is 28. The van der Waals surface area contributed by atoms with Crippen LogP contribution in [-0.2, 0) is 0 Å². The molecule has 1 atom stereocenters. The lowest BCUT2D eigenvalue weighted by Crippen LogP contribution is -2.39. The first kappa shape index (κ1) is 39.4. The van der Waals surface area contributed by atoms with E-state index in [2.05, 4.69) is 43.0 Å². The average Bonchev–Trinajstić information content (AvgIpc) is 3.39. The number of hydrogen-bond acceptors (Lipinski definition) is 2. The molecule has 0 radical (unpaired) electrons. The minimum Gasteiger partial charge on any atom is -0.356 e. The zero-order valence-electron chi connectivity index (χ0n) is 29.7. The Hall–Kier alpha value is -0.660. The fourth-order valence-electron chi connectivity index (χ4n) is 6.87. The van der Waals surface area contributed by atoms with Crippen molar-refractivity contribution in [3.8, 4) is 0 Å². The third-order valence-corrected chi connectivity index (χ3v) is 9.82. The maximum Gasteiger partial charge on any atom is 0.101 e. The molecule has 0 saturated carbocycles. The van der Waals surface area contributed by atoms with Gasteiger partial charge in [-0.3, -0.25) is 0 Å². The molecule has 1 aliphatic rings. The molecule has 0 bridgehead atoms. The van der Waals surface area contributed by atoms with Crippen molar-refractivity contribution in [3.63, 3.8) is 0 Å². The van der Waals surface area contributed by atoms with Crippen LogP contribution in [0, 0.1) is 0 Å². The lowest BCUT2D eigenvalue weighted by atomic mass is 10.0. The highest BCUT2D eigenvalue weighted by Gasteiger charge is 2.24. The summed E-state index contributed by atoms with van der Waals surface area (Å²) in [4.78, 5) is 5.36. The Bertz CT molecular complexity index is 544. The minimum absolute atomic E-state index is 0.639. The smallest absolute Gasteiger partial charge is 0.101 e. The van der Waals surface area contributed by atoms with Gasteiger partial charge in [-0.25, -0.2) is 0 Å². The molecule has 0 aromatic carbocycles. The van der Waals surface area contributed by atoms with Crippen LogP contribution in [0.5, 0.6) is 0 Å². The van der Waals surface area contributed by atoms with Gasteiger partial charge in [-0.1, -0.05) is 201 Å². The van der Waals surface area contributed by atoms with Crippen LogP contribution in [0.3, 0.4) is 0 Å². The summed E-state index contributed by atoms with van der Waals surface area (Å²) in [7, 11) is 0. The lowest BCUT2D eigenvalue weighted by molar-refractivity contribution is 0.136. The summed E-state index contributed by atoms with van der Waals surface area (Å²) in [5, 5.41) is 0. The monoisotopic (exact) mass is 589 g/mol. The van der Waals surface area contributed by atoms with Gasteiger partial charge in [-0.05, 0) is 25.7 Å². The standard InChI is InChI=1S/C40H80N2/c1-4-7-10-12-14-16-18-20-22-24-26-28-30-32-34-37-42-39-38-41(36-9-6-3)40(42)35-33-31-29-27-25-23-21-19-17-15-13-11-8-5-2/h38-40H,4-37H2,1-3H3. The predicted molar refractivity (Wildman–Crippen MR) is 191 cm³/mol. The molecule has 42 heavy (non-hydrogen) atoms. The molecule has 0 N–H and O–H groups in total. The SMILES string of the molecule is CCCCCCCCCCCCCCCCCN1C=CN(CCCC)C1CCCCCCCCCCCCCCCC. The molecule has 0 aliphatic carbocycles. The van der Waals surface area contributed by atoms with Gasteiger partial charge in [0.2, 0.25) is 0 Å². The number of hydrogen-bond donors (Lipinski definition) is 0. The van der Waals surface area contributed by atoms with E-state index in [4.69, 9.17) is 0 Å². The molecule has 0 spiro atoms. The Balaban J connectivity index is 2.02. The van der Waals surface area contributed by atoms with Crippen molar-refractivity contribution in [2.75, 3.05) is 13.1 Å². The summed E-state index contributed by atoms with van der Waals surface area (Å²) in [6.45, 7) is 9.46. The third kappa shape index (κ3) is 23.8. The van der Waals surface area contributed by atoms with Crippen LogP contribution < -0.4 is 0 Å². The van der Waals surface area contributed by atoms with Gasteiger partial charge in [0.25, 0.3) is 0 Å². The predicted octanol–water partition coefficient (Wildman–Crippen LogP) is 13.9. The molecular weight excluding hydrogens is 508 g/mol. The highest BCUT2D eigenvalue weighted by Crippen LogP contribution is 2.24. The van der Waals surface area contributed by atoms with Crippen molar-refractivity contribution < 1.29 is 0 Å². The zero-order chi connectivity index (χ0) is 30.2. The Kier molecular flexibility index (Phi) is 29.8. The van der Waals surface area contributed by atoms with E-state index in [0.29, 0.717) is 6.17 Å². The average molecular weight is 589 g/mol. The summed E-state index contributed by atoms with van der Waals surface area (Å²) in [6, 6.07) is 0. The van der Waals surface area contributed by atoms with E-state index in [1.807, 2.05) is 0 Å². The van der Waals surface area contributed by atoms with E-state index in [1.165, 1.54) is 219 Å². The van der Waals surface area contributed by atoms with Crippen molar-refractivity contribution in [2.24, 2.45) is 0 Å². The van der Waals surface area contributed by atoms with Gasteiger partial charge in [0, 0.05) is 25.5 Å². The zero-order valence-corrected chi connectivity index (χ0v) is 29.7. The van der Waals surface area contributed by atoms with Crippen LogP contribution in [0.4, 0.5) is 0 Å². The highest BCUT2D eigenvalue weighted by molar-refractivity contribution is 4.96. The Labute approximate surface area is 267 Å². The fourth-order valence-corrected chi connectivity index (χ4v) is 6.87. The molecule has 0 fully saturated rings. The van der Waals surface area contributed by atoms with Gasteiger partial charge < -0.3 is 9.80 Å². The molecule has 0 amide bonds. The molecule has 0 aromatic rings. The van der Waals surface area contributed by atoms with Crippen molar-refractivity contribution in [1.82, 2.24) is 9.80 Å². The summed E-state index contributed by atoms with van der Waals surface area (Å²) in [6.07, 6.45) is 51.5. The largest absolute Gasteiger partial charge is 0.356 e. The Morgan fingerprint density at radius 2 is 0.571 bits per heavy atom. The van der Waals surface area contributed by atoms with Crippen LogP contribution in [0.2, 0.25) is 0 Å². The summed E-state index contributed by atoms with van der Waals surface area (Å²) < 4.78 is 0. The summed E-state index contributed by atoms with van der Waals surface area (Å²) >= 11 is 0. The van der Waals surface area contributed by atoms with Crippen molar-refractivity contribution in [3.05, 3.63) is 12.4 Å². The van der Waals surface area contributed by atoms with Crippen LogP contribution in [-0.4, -0.2) is 29.1 Å². The van der Waals surface area contributed by atoms with E-state index < -0.39 is 0 Å². The van der Waals surface area contributed by atoms with Gasteiger partial charge >= 0.3 is 0 Å². The Morgan fingerprint density at radius 3 is 0.905 bits per heavy atom. The first-order valence-electron chi connectivity index (χ1n) is 20.0. The first-order chi connectivity index (χ1) is 20.8. The van der Waals surface area contributed by atoms with Crippen molar-refractivity contribution in [1.29, 1.82) is 0 Å². The van der Waals surface area contributed by atoms with Crippen LogP contribution in [0.15, 0.2) is 12.4 Å². The molecule has 0 saturated heterocycles. The van der Waals surface area contributed by atoms with Gasteiger partial charge in [0.05, 0.1) is 0 Å². The van der Waals surface area contributed by atoms with Gasteiger partial charge in [0.1, 0.15) is 6.17 Å². The maximum absolute atomic E-state index is 2.69. The topological polar surface area (TPSA) is 6.48 Å². The fraction of sp³-hybridized carbons (Fsp3) is 0.950. The highest BCUT2D eigenvalue weighted by atomic mass is 15.4. The molecular formula is C40H80N2. The van der Waals surface area contributed by atoms with E-state index >= 15 is 0 Å². The van der Waals surface area contributed by atoms with Gasteiger partial charge in [0.15, 0.2) is 0 Å². The van der Waals surface area contributed by atoms with Crippen LogP contribution >= 0.6 is 0 Å². The molecule has 2 nitrogen and oxygen atoms in total. The first-order valence-corrected chi connectivity index (χ1v) is 20.0. The molecule has 250 valence electrons. The van der Waals surface area contributed by atoms with E-state index in [0.717, 1.165) is 0 Å². The van der Waals surface area contributed by atoms with E-state index in [-0.39, 0.29) is 0 Å². The number of rotatable bonds is 34. The molecule has 2 heteroatoms. The second-order valence-electron chi connectivity index (χ2n) is 13.9. The van der Waals surface area contributed by atoms with E-state index in [9.17, 15) is 0 Å². The minimum atomic E-state index is 0.639. The molecule has 0 aromatic heterocycles. The molecule has 1 unspecified atom stereocenters. The molecule has 1 heterocycles. The number of nitrogens with zero attached hydrogens (tertiary/aromatic N) is 2. The molecule has 1 aliphatic heterocycles. The Morgan fingerprint density at radius 1 is 0.310 bits per heavy atom. The normalized spacial score (nSPS) is 15.0. The van der Waals surface area contributed by atoms with Crippen LogP contribution in [0.25, 0.3) is 0 Å². The van der Waals surface area contributed by atoms with Crippen LogP contribution in [0.1, 0.15) is 226 Å². The lowest BCUT2D eigenvalue weighted by Gasteiger charge is -2.33. The second-order valence-corrected chi connectivity index (χ2v) is 13.9. The summed E-state index contributed by atoms with van der Waals surface area (Å²) in [5.41, 5.74) is 0. The maximum atomic E-state index is 2.69. The van der Waals surface area contributed by atoms with E-state index in [1.54, 1.807) is 0 Å². The second kappa shape index (κ2) is 31.8. The third-order valence-electron chi connectivity index (χ3n) is 9.82. The van der Waals surface area contributed by atoms with Gasteiger partial charge in [-0.2, -0.15) is 0 Å². The van der Waals surface area contributed by atoms with Crippen molar-refractivity contribution >= 4 is 0 Å².